The van der Waals surface area contributed by atoms with E-state index in [1.165, 1.54) is 0 Å². The number of nitrogens with zero attached hydrogens (tertiary/aromatic N) is 4. The van der Waals surface area contributed by atoms with E-state index in [-0.39, 0.29) is 5.92 Å². The average molecular weight is 389 g/mol. The molecule has 0 amide bonds. The van der Waals surface area contributed by atoms with Crippen LogP contribution in [0.1, 0.15) is 6.42 Å². The van der Waals surface area contributed by atoms with Gasteiger partial charge in [0.15, 0.2) is 0 Å². The molecule has 3 heterocycles. The van der Waals surface area contributed by atoms with Gasteiger partial charge in [-0.05, 0) is 30.4 Å². The number of carboxylic acid groups (broad SMARTS) is 1. The molecule has 0 bridgehead atoms. The van der Waals surface area contributed by atoms with Crippen LogP contribution in [0.4, 0.5) is 5.82 Å². The molecular weight excluding hydrogens is 375 g/mol. The number of fused-ring (bicyclic) bond motifs is 2. The minimum atomic E-state index is -0.807. The van der Waals surface area contributed by atoms with Crippen molar-refractivity contribution >= 4 is 45.9 Å². The zero-order chi connectivity index (χ0) is 18.0. The van der Waals surface area contributed by atoms with Gasteiger partial charge < -0.3 is 14.6 Å². The minimum Gasteiger partial charge on any atom is -0.480 e. The Morgan fingerprint density at radius 1 is 1.31 bits per heavy atom. The average Bonchev–Trinajstić information content (AvgIpc) is 3.05. The maximum absolute atomic E-state index is 11.8. The third-order valence-electron chi connectivity index (χ3n) is 5.32. The molecule has 1 saturated heterocycles. The number of pyridine rings is 1. The number of halogens is 2. The molecule has 132 valence electrons. The van der Waals surface area contributed by atoms with Crippen LogP contribution in [-0.2, 0) is 4.79 Å². The molecule has 3 aromatic rings. The third-order valence-corrected chi connectivity index (χ3v) is 6.11. The van der Waals surface area contributed by atoms with E-state index in [0.717, 1.165) is 17.5 Å². The molecule has 1 aliphatic carbocycles. The van der Waals surface area contributed by atoms with Gasteiger partial charge in [-0.15, -0.1) is 0 Å². The number of aliphatic carboxylic acids is 1. The Balaban J connectivity index is 1.74. The van der Waals surface area contributed by atoms with Crippen molar-refractivity contribution in [3.63, 3.8) is 0 Å². The predicted molar refractivity (Wildman–Crippen MR) is 99.3 cm³/mol. The fourth-order valence-corrected chi connectivity index (χ4v) is 4.34. The standard InChI is InChI=1S/C18H14Cl2N4O2/c19-12-2-1-10-13(23-4-3-21-8-23)6-14(22-16(10)15(12)20)24-7-9-5-11(9)17(24)18(25)26/h1-4,6,8-9,11,17H,5,7H2,(H,25,26)/t9-,11?,17-/m0/s1. The highest BCUT2D eigenvalue weighted by Crippen LogP contribution is 2.51. The summed E-state index contributed by atoms with van der Waals surface area (Å²) >= 11 is 12.6. The number of benzene rings is 1. The molecule has 1 aliphatic heterocycles. The SMILES string of the molecule is O=C(O)[C@@H]1C2C[C@H]2CN1c1cc(-n2ccnc2)c2ccc(Cl)c(Cl)c2n1. The molecule has 6 nitrogen and oxygen atoms in total. The lowest BCUT2D eigenvalue weighted by Crippen LogP contribution is -2.40. The Morgan fingerprint density at radius 2 is 2.15 bits per heavy atom. The van der Waals surface area contributed by atoms with E-state index in [9.17, 15) is 9.90 Å². The fourth-order valence-electron chi connectivity index (χ4n) is 3.98. The number of carboxylic acids is 1. The van der Waals surface area contributed by atoms with Crippen LogP contribution in [0, 0.1) is 11.8 Å². The van der Waals surface area contributed by atoms with Gasteiger partial charge in [0.25, 0.3) is 0 Å². The summed E-state index contributed by atoms with van der Waals surface area (Å²) in [6.45, 7) is 0.696. The van der Waals surface area contributed by atoms with E-state index < -0.39 is 12.0 Å². The number of piperidine rings is 1. The van der Waals surface area contributed by atoms with Crippen molar-refractivity contribution in [3.05, 3.63) is 47.0 Å². The Morgan fingerprint density at radius 3 is 2.88 bits per heavy atom. The number of hydrogen-bond acceptors (Lipinski definition) is 4. The van der Waals surface area contributed by atoms with Gasteiger partial charge in [0.2, 0.25) is 0 Å². The van der Waals surface area contributed by atoms with Crippen LogP contribution < -0.4 is 4.90 Å². The maximum Gasteiger partial charge on any atom is 0.326 e. The van der Waals surface area contributed by atoms with Crippen molar-refractivity contribution in [2.75, 3.05) is 11.4 Å². The molecule has 26 heavy (non-hydrogen) atoms. The lowest BCUT2D eigenvalue weighted by atomic mass is 10.1. The summed E-state index contributed by atoms with van der Waals surface area (Å²) < 4.78 is 1.87. The summed E-state index contributed by atoms with van der Waals surface area (Å²) in [5.74, 6) is 0.430. The highest BCUT2D eigenvalue weighted by atomic mass is 35.5. The van der Waals surface area contributed by atoms with E-state index in [2.05, 4.69) is 9.97 Å². The predicted octanol–water partition coefficient (Wildman–Crippen LogP) is 3.64. The lowest BCUT2D eigenvalue weighted by Gasteiger charge is -2.26. The van der Waals surface area contributed by atoms with Crippen molar-refractivity contribution in [2.45, 2.75) is 12.5 Å². The van der Waals surface area contributed by atoms with Gasteiger partial charge in [0.05, 0.1) is 27.6 Å². The third kappa shape index (κ3) is 2.29. The van der Waals surface area contributed by atoms with Crippen molar-refractivity contribution in [3.8, 4) is 5.69 Å². The smallest absolute Gasteiger partial charge is 0.326 e. The summed E-state index contributed by atoms with van der Waals surface area (Å²) in [5, 5.41) is 11.3. The quantitative estimate of drug-likeness (QED) is 0.741. The first-order valence-corrected chi connectivity index (χ1v) is 9.06. The molecule has 0 radical (unpaired) electrons. The Hall–Kier alpha value is -2.31. The minimum absolute atomic E-state index is 0.205. The number of imidazole rings is 1. The second kappa shape index (κ2) is 5.59. The van der Waals surface area contributed by atoms with Gasteiger partial charge >= 0.3 is 5.97 Å². The first-order valence-electron chi connectivity index (χ1n) is 8.31. The maximum atomic E-state index is 11.8. The summed E-state index contributed by atoms with van der Waals surface area (Å²) in [4.78, 5) is 22.5. The van der Waals surface area contributed by atoms with E-state index >= 15 is 0 Å². The number of hydrogen-bond donors (Lipinski definition) is 1. The van der Waals surface area contributed by atoms with Gasteiger partial charge in [0.1, 0.15) is 11.9 Å². The molecule has 3 atom stereocenters. The topological polar surface area (TPSA) is 71.2 Å². The van der Waals surface area contributed by atoms with E-state index in [1.807, 2.05) is 27.8 Å². The van der Waals surface area contributed by atoms with E-state index in [4.69, 9.17) is 23.2 Å². The normalized spacial score (nSPS) is 24.1. The van der Waals surface area contributed by atoms with Gasteiger partial charge in [-0.3, -0.25) is 0 Å². The van der Waals surface area contributed by atoms with Crippen molar-refractivity contribution in [1.82, 2.24) is 14.5 Å². The molecule has 5 rings (SSSR count). The molecule has 1 N–H and O–H groups in total. The van der Waals surface area contributed by atoms with Crippen LogP contribution in [0.15, 0.2) is 36.9 Å². The van der Waals surface area contributed by atoms with E-state index in [1.54, 1.807) is 18.6 Å². The highest BCUT2D eigenvalue weighted by Gasteiger charge is 2.56. The largest absolute Gasteiger partial charge is 0.480 e. The molecule has 2 aliphatic rings. The van der Waals surface area contributed by atoms with Crippen molar-refractivity contribution < 1.29 is 9.90 Å². The van der Waals surface area contributed by atoms with Crippen molar-refractivity contribution in [2.24, 2.45) is 11.8 Å². The first kappa shape index (κ1) is 15.9. The lowest BCUT2D eigenvalue weighted by molar-refractivity contribution is -0.138. The van der Waals surface area contributed by atoms with Crippen LogP contribution in [0.2, 0.25) is 10.0 Å². The zero-order valence-electron chi connectivity index (χ0n) is 13.5. The van der Waals surface area contributed by atoms with Crippen LogP contribution >= 0.6 is 23.2 Å². The van der Waals surface area contributed by atoms with Crippen LogP contribution in [0.25, 0.3) is 16.6 Å². The summed E-state index contributed by atoms with van der Waals surface area (Å²) in [6.07, 6.45) is 6.19. The molecule has 2 aromatic heterocycles. The fraction of sp³-hybridized carbons (Fsp3) is 0.278. The van der Waals surface area contributed by atoms with Crippen molar-refractivity contribution in [1.29, 1.82) is 0 Å². The molecular formula is C18H14Cl2N4O2. The molecule has 8 heteroatoms. The Kier molecular flexibility index (Phi) is 3.42. The summed E-state index contributed by atoms with van der Waals surface area (Å²) in [5.41, 5.74) is 1.40. The number of carbonyl (C=O) groups is 1. The second-order valence-corrected chi connectivity index (χ2v) is 7.61. The van der Waals surface area contributed by atoms with Crippen LogP contribution in [0.5, 0.6) is 0 Å². The van der Waals surface area contributed by atoms with Crippen LogP contribution in [-0.4, -0.2) is 38.2 Å². The second-order valence-electron chi connectivity index (χ2n) is 6.82. The van der Waals surface area contributed by atoms with Gasteiger partial charge in [-0.25, -0.2) is 14.8 Å². The Labute approximate surface area is 159 Å². The number of aromatic nitrogens is 3. The van der Waals surface area contributed by atoms with Gasteiger partial charge in [-0.2, -0.15) is 0 Å². The first-order chi connectivity index (χ1) is 12.5. The highest BCUT2D eigenvalue weighted by molar-refractivity contribution is 6.45. The molecule has 0 spiro atoms. The van der Waals surface area contributed by atoms with Gasteiger partial charge in [-0.1, -0.05) is 23.2 Å². The van der Waals surface area contributed by atoms with Gasteiger partial charge in [0, 0.05) is 30.4 Å². The summed E-state index contributed by atoms with van der Waals surface area (Å²) in [7, 11) is 0. The number of rotatable bonds is 3. The monoisotopic (exact) mass is 388 g/mol. The zero-order valence-corrected chi connectivity index (χ0v) is 15.0. The molecule has 1 saturated carbocycles. The summed E-state index contributed by atoms with van der Waals surface area (Å²) in [6, 6.07) is 4.96. The van der Waals surface area contributed by atoms with Crippen LogP contribution in [0.3, 0.4) is 0 Å². The Bertz CT molecular complexity index is 1040. The molecule has 1 aromatic carbocycles. The van der Waals surface area contributed by atoms with E-state index in [0.29, 0.717) is 33.8 Å². The molecule has 2 fully saturated rings. The molecule has 1 unspecified atom stereocenters. The number of anilines is 1.